The van der Waals surface area contributed by atoms with Gasteiger partial charge in [-0.05, 0) is 43.3 Å². The second kappa shape index (κ2) is 6.72. The summed E-state index contributed by atoms with van der Waals surface area (Å²) in [7, 11) is 1.81. The van der Waals surface area contributed by atoms with Crippen LogP contribution >= 0.6 is 0 Å². The van der Waals surface area contributed by atoms with Crippen molar-refractivity contribution in [3.63, 3.8) is 0 Å². The van der Waals surface area contributed by atoms with Crippen molar-refractivity contribution < 1.29 is 14.3 Å². The number of aromatic amines is 1. The summed E-state index contributed by atoms with van der Waals surface area (Å²) in [5.74, 6) is 0.0148. The smallest absolute Gasteiger partial charge is 0.214 e. The zero-order valence-electron chi connectivity index (χ0n) is 14.7. The van der Waals surface area contributed by atoms with Gasteiger partial charge in [-0.3, -0.25) is 5.10 Å². The van der Waals surface area contributed by atoms with Crippen molar-refractivity contribution in [2.75, 3.05) is 7.05 Å². The van der Waals surface area contributed by atoms with E-state index in [4.69, 9.17) is 4.89 Å². The molecular formula is C19H16FN5O2. The van der Waals surface area contributed by atoms with Crippen LogP contribution in [0.25, 0.3) is 27.8 Å². The van der Waals surface area contributed by atoms with Gasteiger partial charge in [0.05, 0.1) is 23.3 Å². The third-order valence-electron chi connectivity index (χ3n) is 4.42. The number of H-pyrrole nitrogens is 1. The van der Waals surface area contributed by atoms with Gasteiger partial charge in [-0.15, -0.1) is 0 Å². The molecule has 4 rings (SSSR count). The molecule has 2 aromatic carbocycles. The predicted molar refractivity (Wildman–Crippen MR) is 97.0 cm³/mol. The first-order chi connectivity index (χ1) is 13.1. The highest BCUT2D eigenvalue weighted by Crippen LogP contribution is 2.35. The molecule has 1 aliphatic rings. The second-order valence-corrected chi connectivity index (χ2v) is 6.22. The third kappa shape index (κ3) is 2.89. The third-order valence-corrected chi connectivity index (χ3v) is 4.42. The maximum atomic E-state index is 14.9. The number of hydrogen-bond acceptors (Lipinski definition) is 6. The van der Waals surface area contributed by atoms with Crippen LogP contribution in [0.1, 0.15) is 22.4 Å². The fraction of sp³-hybridized carbons (Fsp3) is 0.158. The number of nitriles is 1. The summed E-state index contributed by atoms with van der Waals surface area (Å²) in [6.45, 7) is 2.39. The molecule has 0 amide bonds. The van der Waals surface area contributed by atoms with E-state index < -0.39 is 0 Å². The van der Waals surface area contributed by atoms with Crippen molar-refractivity contribution in [1.29, 1.82) is 5.26 Å². The van der Waals surface area contributed by atoms with Crippen molar-refractivity contribution >= 4 is 16.7 Å². The number of nitrogens with zero attached hydrogens (tertiary/aromatic N) is 2. The summed E-state index contributed by atoms with van der Waals surface area (Å²) < 4.78 is 14.9. The molecule has 8 heteroatoms. The lowest BCUT2D eigenvalue weighted by Gasteiger charge is -2.12. The lowest BCUT2D eigenvalue weighted by Crippen LogP contribution is -2.06. The molecule has 0 bridgehead atoms. The Bertz CT molecular complexity index is 1090. The van der Waals surface area contributed by atoms with Crippen molar-refractivity contribution in [2.24, 2.45) is 0 Å². The van der Waals surface area contributed by atoms with E-state index in [1.165, 1.54) is 12.3 Å². The lowest BCUT2D eigenvalue weighted by molar-refractivity contribution is -0.254. The summed E-state index contributed by atoms with van der Waals surface area (Å²) >= 11 is 0. The number of fused-ring (bicyclic) bond motifs is 1. The van der Waals surface area contributed by atoms with Gasteiger partial charge in [-0.25, -0.2) is 9.87 Å². The summed E-state index contributed by atoms with van der Waals surface area (Å²) in [5.41, 5.74) is 6.48. The SMILES string of the molecule is CNCc1cc(C)c(-c2cc3c(C4=CNOO4)n[nH]c3cc2C#N)c(F)c1. The quantitative estimate of drug-likeness (QED) is 0.615. The van der Waals surface area contributed by atoms with Crippen molar-refractivity contribution in [3.8, 4) is 17.2 Å². The van der Waals surface area contributed by atoms with Crippen LogP contribution in [-0.2, 0) is 16.4 Å². The van der Waals surface area contributed by atoms with Crippen molar-refractivity contribution in [3.05, 3.63) is 58.7 Å². The van der Waals surface area contributed by atoms with E-state index in [9.17, 15) is 9.65 Å². The van der Waals surface area contributed by atoms with Gasteiger partial charge in [-0.1, -0.05) is 11.1 Å². The van der Waals surface area contributed by atoms with E-state index in [1.807, 2.05) is 20.0 Å². The minimum atomic E-state index is -0.373. The number of aromatic nitrogens is 2. The number of halogens is 1. The topological polar surface area (TPSA) is 95.0 Å². The average molecular weight is 365 g/mol. The Labute approximate surface area is 154 Å². The Kier molecular flexibility index (Phi) is 4.24. The summed E-state index contributed by atoms with van der Waals surface area (Å²) in [6.07, 6.45) is 1.52. The number of hydrogen-bond donors (Lipinski definition) is 3. The fourth-order valence-corrected chi connectivity index (χ4v) is 3.29. The van der Waals surface area contributed by atoms with Crippen LogP contribution in [0.4, 0.5) is 4.39 Å². The molecule has 0 radical (unpaired) electrons. The molecule has 2 heterocycles. The minimum Gasteiger partial charge on any atom is -0.316 e. The fourth-order valence-electron chi connectivity index (χ4n) is 3.29. The van der Waals surface area contributed by atoms with Gasteiger partial charge >= 0.3 is 0 Å². The molecule has 1 aliphatic heterocycles. The Balaban J connectivity index is 1.93. The van der Waals surface area contributed by atoms with Gasteiger partial charge in [-0.2, -0.15) is 10.4 Å². The normalized spacial score (nSPS) is 13.2. The number of rotatable bonds is 4. The molecule has 0 spiro atoms. The van der Waals surface area contributed by atoms with Gasteiger partial charge in [0.1, 0.15) is 11.5 Å². The van der Waals surface area contributed by atoms with E-state index >= 15 is 0 Å². The highest BCUT2D eigenvalue weighted by Gasteiger charge is 2.21. The van der Waals surface area contributed by atoms with Crippen LogP contribution in [0, 0.1) is 24.1 Å². The zero-order chi connectivity index (χ0) is 19.0. The summed E-state index contributed by atoms with van der Waals surface area (Å²) in [4.78, 5) is 9.67. The molecule has 0 unspecified atom stereocenters. The number of hydroxylamine groups is 1. The second-order valence-electron chi connectivity index (χ2n) is 6.22. The monoisotopic (exact) mass is 365 g/mol. The number of aryl methyl sites for hydroxylation is 1. The summed E-state index contributed by atoms with van der Waals surface area (Å²) in [5, 5.41) is 20.4. The number of benzene rings is 2. The molecule has 3 aromatic rings. The van der Waals surface area contributed by atoms with E-state index in [0.717, 1.165) is 11.1 Å². The molecule has 0 atom stereocenters. The predicted octanol–water partition coefficient (Wildman–Crippen LogP) is 3.03. The summed E-state index contributed by atoms with van der Waals surface area (Å²) in [6, 6.07) is 8.96. The van der Waals surface area contributed by atoms with Crippen LogP contribution in [0.3, 0.4) is 0 Å². The lowest BCUT2D eigenvalue weighted by atomic mass is 9.92. The number of nitrogens with one attached hydrogen (secondary N) is 3. The van der Waals surface area contributed by atoms with Gasteiger partial charge in [0.25, 0.3) is 0 Å². The highest BCUT2D eigenvalue weighted by molar-refractivity contribution is 5.94. The molecule has 7 nitrogen and oxygen atoms in total. The maximum Gasteiger partial charge on any atom is 0.214 e. The molecule has 3 N–H and O–H groups in total. The van der Waals surface area contributed by atoms with Gasteiger partial charge in [0.15, 0.2) is 0 Å². The molecule has 0 aliphatic carbocycles. The standard InChI is InChI=1S/C19H16FN5O2/c1-10-3-11(8-22-2)4-15(20)18(10)13-6-14-16(5-12(13)7-21)24-25-19(14)17-9-23-27-26-17/h3-6,9,22-23H,8H2,1-2H3,(H,24,25). The Morgan fingerprint density at radius 2 is 2.15 bits per heavy atom. The van der Waals surface area contributed by atoms with Crippen molar-refractivity contribution in [2.45, 2.75) is 13.5 Å². The largest absolute Gasteiger partial charge is 0.316 e. The maximum absolute atomic E-state index is 14.9. The Hall–Kier alpha value is -3.41. The van der Waals surface area contributed by atoms with E-state index in [-0.39, 0.29) is 5.82 Å². The molecule has 1 aromatic heterocycles. The van der Waals surface area contributed by atoms with Crippen LogP contribution in [0.15, 0.2) is 30.5 Å². The minimum absolute atomic E-state index is 0.358. The first-order valence-corrected chi connectivity index (χ1v) is 8.28. The van der Waals surface area contributed by atoms with Crippen LogP contribution in [0.5, 0.6) is 0 Å². The Morgan fingerprint density at radius 1 is 1.30 bits per heavy atom. The van der Waals surface area contributed by atoms with Crippen LogP contribution < -0.4 is 10.8 Å². The van der Waals surface area contributed by atoms with Crippen molar-refractivity contribution in [1.82, 2.24) is 21.0 Å². The molecule has 0 saturated carbocycles. The first kappa shape index (κ1) is 17.0. The zero-order valence-corrected chi connectivity index (χ0v) is 14.7. The molecule has 27 heavy (non-hydrogen) atoms. The molecular weight excluding hydrogens is 349 g/mol. The van der Waals surface area contributed by atoms with Crippen LogP contribution in [-0.4, -0.2) is 17.2 Å². The molecule has 0 saturated heterocycles. The van der Waals surface area contributed by atoms with E-state index in [0.29, 0.717) is 45.6 Å². The average Bonchev–Trinajstić information content (AvgIpc) is 3.29. The van der Waals surface area contributed by atoms with Gasteiger partial charge in [0.2, 0.25) is 5.76 Å². The first-order valence-electron chi connectivity index (χ1n) is 8.28. The van der Waals surface area contributed by atoms with Gasteiger partial charge in [0, 0.05) is 23.1 Å². The highest BCUT2D eigenvalue weighted by atomic mass is 19.1. The van der Waals surface area contributed by atoms with E-state index in [2.05, 4.69) is 32.1 Å². The molecule has 136 valence electrons. The van der Waals surface area contributed by atoms with E-state index in [1.54, 1.807) is 12.1 Å². The Morgan fingerprint density at radius 3 is 2.81 bits per heavy atom. The van der Waals surface area contributed by atoms with Crippen LogP contribution in [0.2, 0.25) is 0 Å². The molecule has 0 fully saturated rings. The van der Waals surface area contributed by atoms with Gasteiger partial charge < -0.3 is 10.2 Å².